The van der Waals surface area contributed by atoms with Crippen molar-refractivity contribution in [1.82, 2.24) is 0 Å². The Labute approximate surface area is 186 Å². The highest BCUT2D eigenvalue weighted by molar-refractivity contribution is 6.33. The lowest BCUT2D eigenvalue weighted by Crippen LogP contribution is -3.12. The molecule has 0 amide bonds. The second-order valence-electron chi connectivity index (χ2n) is 7.79. The van der Waals surface area contributed by atoms with Crippen LogP contribution in [0, 0.1) is 0 Å². The van der Waals surface area contributed by atoms with E-state index in [1.165, 1.54) is 4.90 Å². The molecule has 1 aromatic heterocycles. The van der Waals surface area contributed by atoms with Gasteiger partial charge in [0.2, 0.25) is 6.73 Å². The Morgan fingerprint density at radius 1 is 1.10 bits per heavy atom. The lowest BCUT2D eigenvalue weighted by Gasteiger charge is -2.27. The van der Waals surface area contributed by atoms with Gasteiger partial charge in [0.05, 0.1) is 31.4 Å². The predicted molar refractivity (Wildman–Crippen MR) is 120 cm³/mol. The molecule has 1 unspecified atom stereocenters. The summed E-state index contributed by atoms with van der Waals surface area (Å²) in [7, 11) is 3.27. The topological polar surface area (TPSA) is 62.3 Å². The molecule has 6 nitrogen and oxygen atoms in total. The second-order valence-corrected chi connectivity index (χ2v) is 8.20. The summed E-state index contributed by atoms with van der Waals surface area (Å²) in [6.07, 6.45) is 2.58. The Morgan fingerprint density at radius 3 is 2.65 bits per heavy atom. The number of benzene rings is 2. The first-order valence-corrected chi connectivity index (χ1v) is 10.9. The van der Waals surface area contributed by atoms with Crippen molar-refractivity contribution < 1.29 is 23.5 Å². The largest absolute Gasteiger partial charge is 0.493 e. The first kappa shape index (κ1) is 21.5. The maximum absolute atomic E-state index is 12.2. The van der Waals surface area contributed by atoms with Gasteiger partial charge in [0.25, 0.3) is 0 Å². The third-order valence-electron chi connectivity index (χ3n) is 5.70. The van der Waals surface area contributed by atoms with E-state index in [1.54, 1.807) is 20.3 Å². The molecule has 0 fully saturated rings. The molecule has 0 radical (unpaired) electrons. The molecular weight excluding hydrogens is 418 g/mol. The van der Waals surface area contributed by atoms with E-state index in [0.717, 1.165) is 53.6 Å². The zero-order valence-corrected chi connectivity index (χ0v) is 18.8. The number of hydrogen-bond donors (Lipinski definition) is 1. The van der Waals surface area contributed by atoms with Gasteiger partial charge in [-0.25, -0.2) is 4.79 Å². The molecule has 1 N–H and O–H groups in total. The first-order valence-electron chi connectivity index (χ1n) is 10.5. The highest BCUT2D eigenvalue weighted by Crippen LogP contribution is 2.37. The van der Waals surface area contributed by atoms with Crippen LogP contribution in [0.15, 0.2) is 39.5 Å². The number of ether oxygens (including phenoxy) is 3. The number of hydrogen-bond acceptors (Lipinski definition) is 5. The van der Waals surface area contributed by atoms with Crippen LogP contribution >= 0.6 is 11.6 Å². The summed E-state index contributed by atoms with van der Waals surface area (Å²) in [6, 6.07) is 9.39. The number of rotatable bonds is 7. The van der Waals surface area contributed by atoms with E-state index in [-0.39, 0.29) is 5.63 Å². The van der Waals surface area contributed by atoms with E-state index >= 15 is 0 Å². The molecule has 0 saturated heterocycles. The van der Waals surface area contributed by atoms with Crippen molar-refractivity contribution in [2.24, 2.45) is 0 Å². The summed E-state index contributed by atoms with van der Waals surface area (Å²) in [5, 5.41) is 1.46. The fourth-order valence-corrected chi connectivity index (χ4v) is 4.44. The van der Waals surface area contributed by atoms with E-state index in [1.807, 2.05) is 24.3 Å². The number of fused-ring (bicyclic) bond motifs is 3. The summed E-state index contributed by atoms with van der Waals surface area (Å²) < 4.78 is 22.4. The number of quaternary nitrogens is 1. The van der Waals surface area contributed by atoms with Crippen LogP contribution in [-0.2, 0) is 19.4 Å². The SMILES string of the molecule is CCCc1cc(=O)oc2c3c(c(Cl)cc12)OC[NH+](CCc1ccc(OC)c(OC)c1)C3. The van der Waals surface area contributed by atoms with Crippen molar-refractivity contribution in [1.29, 1.82) is 0 Å². The van der Waals surface area contributed by atoms with Crippen molar-refractivity contribution in [2.45, 2.75) is 32.7 Å². The van der Waals surface area contributed by atoms with Gasteiger partial charge >= 0.3 is 5.63 Å². The first-order chi connectivity index (χ1) is 15.0. The minimum atomic E-state index is -0.335. The van der Waals surface area contributed by atoms with E-state index < -0.39 is 0 Å². The van der Waals surface area contributed by atoms with Crippen LogP contribution < -0.4 is 24.7 Å². The molecule has 2 aromatic carbocycles. The molecule has 164 valence electrons. The number of nitrogens with one attached hydrogen (secondary N) is 1. The van der Waals surface area contributed by atoms with Crippen LogP contribution in [0.1, 0.15) is 30.0 Å². The summed E-state index contributed by atoms with van der Waals surface area (Å²) >= 11 is 6.54. The highest BCUT2D eigenvalue weighted by atomic mass is 35.5. The van der Waals surface area contributed by atoms with Gasteiger partial charge in [-0.15, -0.1) is 0 Å². The van der Waals surface area contributed by atoms with Gasteiger partial charge in [-0.1, -0.05) is 31.0 Å². The molecule has 1 aliphatic rings. The van der Waals surface area contributed by atoms with Crippen LogP contribution in [0.4, 0.5) is 0 Å². The molecule has 7 heteroatoms. The molecule has 31 heavy (non-hydrogen) atoms. The minimum Gasteiger partial charge on any atom is -0.493 e. The molecule has 4 rings (SSSR count). The second kappa shape index (κ2) is 9.20. The van der Waals surface area contributed by atoms with Gasteiger partial charge in [-0.05, 0) is 35.7 Å². The fourth-order valence-electron chi connectivity index (χ4n) is 4.16. The number of methoxy groups -OCH3 is 2. The highest BCUT2D eigenvalue weighted by Gasteiger charge is 2.27. The van der Waals surface area contributed by atoms with Gasteiger partial charge in [0, 0.05) is 17.9 Å². The smallest absolute Gasteiger partial charge is 0.336 e. The van der Waals surface area contributed by atoms with Gasteiger partial charge in [0.1, 0.15) is 6.54 Å². The molecule has 0 bridgehead atoms. The summed E-state index contributed by atoms with van der Waals surface area (Å²) in [4.78, 5) is 13.4. The van der Waals surface area contributed by atoms with Crippen LogP contribution in [0.5, 0.6) is 17.2 Å². The van der Waals surface area contributed by atoms with Crippen LogP contribution in [0.25, 0.3) is 11.0 Å². The van der Waals surface area contributed by atoms with Crippen molar-refractivity contribution >= 4 is 22.6 Å². The van der Waals surface area contributed by atoms with E-state index in [2.05, 4.69) is 6.92 Å². The van der Waals surface area contributed by atoms with Crippen molar-refractivity contribution in [3.63, 3.8) is 0 Å². The van der Waals surface area contributed by atoms with Crippen molar-refractivity contribution in [3.8, 4) is 17.2 Å². The summed E-state index contributed by atoms with van der Waals surface area (Å²) in [6.45, 7) is 4.12. The standard InChI is InChI=1S/C24H26ClNO5/c1-4-5-16-11-22(27)31-23-17(16)12-19(25)24-18(23)13-26(14-30-24)9-8-15-6-7-20(28-2)21(10-15)29-3/h6-7,10-12H,4-5,8-9,13-14H2,1-3H3/p+1. The average Bonchev–Trinajstić information content (AvgIpc) is 2.78. The molecule has 0 aliphatic carbocycles. The normalized spacial score (nSPS) is 15.4. The lowest BCUT2D eigenvalue weighted by molar-refractivity contribution is -0.932. The van der Waals surface area contributed by atoms with Crippen molar-refractivity contribution in [2.75, 3.05) is 27.5 Å². The third kappa shape index (κ3) is 4.36. The fraction of sp³-hybridized carbons (Fsp3) is 0.375. The van der Waals surface area contributed by atoms with Crippen LogP contribution in [-0.4, -0.2) is 27.5 Å². The molecule has 2 heterocycles. The van der Waals surface area contributed by atoms with Gasteiger partial charge in [-0.2, -0.15) is 0 Å². The Bertz CT molecular complexity index is 1160. The summed E-state index contributed by atoms with van der Waals surface area (Å²) in [5.74, 6) is 2.06. The molecule has 1 atom stereocenters. The molecule has 1 aliphatic heterocycles. The van der Waals surface area contributed by atoms with Crippen LogP contribution in [0.2, 0.25) is 5.02 Å². The Kier molecular flexibility index (Phi) is 6.39. The number of halogens is 1. The zero-order valence-electron chi connectivity index (χ0n) is 18.0. The lowest BCUT2D eigenvalue weighted by atomic mass is 10.0. The quantitative estimate of drug-likeness (QED) is 0.566. The maximum Gasteiger partial charge on any atom is 0.336 e. The third-order valence-corrected chi connectivity index (χ3v) is 5.98. The average molecular weight is 445 g/mol. The zero-order chi connectivity index (χ0) is 22.0. The molecule has 0 saturated carbocycles. The Hall–Kier alpha value is -2.70. The minimum absolute atomic E-state index is 0.335. The van der Waals surface area contributed by atoms with E-state index in [9.17, 15) is 4.79 Å². The Balaban J connectivity index is 1.60. The predicted octanol–water partition coefficient (Wildman–Crippen LogP) is 3.39. The summed E-state index contributed by atoms with van der Waals surface area (Å²) in [5.41, 5.74) is 3.25. The molecular formula is C24H27ClNO5+. The molecule has 0 spiro atoms. The van der Waals surface area contributed by atoms with Crippen molar-refractivity contribution in [3.05, 3.63) is 62.5 Å². The van der Waals surface area contributed by atoms with Crippen LogP contribution in [0.3, 0.4) is 0 Å². The molecule has 3 aromatic rings. The van der Waals surface area contributed by atoms with E-state index in [0.29, 0.717) is 35.4 Å². The van der Waals surface area contributed by atoms with Gasteiger partial charge < -0.3 is 18.6 Å². The monoisotopic (exact) mass is 444 g/mol. The van der Waals surface area contributed by atoms with Gasteiger partial charge in [0.15, 0.2) is 22.8 Å². The van der Waals surface area contributed by atoms with Gasteiger partial charge in [-0.3, -0.25) is 4.90 Å². The Morgan fingerprint density at radius 2 is 1.90 bits per heavy atom. The maximum atomic E-state index is 12.2. The van der Waals surface area contributed by atoms with E-state index in [4.69, 9.17) is 30.2 Å². The number of aryl methyl sites for hydroxylation is 1.